The Labute approximate surface area is 87.6 Å². The monoisotopic (exact) mass is 225 g/mol. The van der Waals surface area contributed by atoms with Crippen molar-refractivity contribution in [3.63, 3.8) is 0 Å². The molecule has 0 aromatic heterocycles. The second-order valence-corrected chi connectivity index (χ2v) is 3.07. The van der Waals surface area contributed by atoms with Gasteiger partial charge in [-0.2, -0.15) is 0 Å². The fourth-order valence-electron chi connectivity index (χ4n) is 0.914. The van der Waals surface area contributed by atoms with Gasteiger partial charge in [0.05, 0.1) is 19.3 Å². The molecule has 90 valence electrons. The second-order valence-electron chi connectivity index (χ2n) is 3.07. The molecule has 0 rings (SSSR count). The predicted molar refractivity (Wildman–Crippen MR) is 50.7 cm³/mol. The molecular weight excluding hydrogens is 208 g/mol. The first kappa shape index (κ1) is 14.2. The molecule has 2 N–H and O–H groups in total. The van der Waals surface area contributed by atoms with Crippen molar-refractivity contribution in [2.75, 3.05) is 19.8 Å². The zero-order valence-electron chi connectivity index (χ0n) is 8.71. The first-order chi connectivity index (χ1) is 7.10. The number of ether oxygens (including phenoxy) is 1. The van der Waals surface area contributed by atoms with Crippen LogP contribution in [0.1, 0.15) is 19.8 Å². The number of hydrogen-bond donors (Lipinski definition) is 2. The molecule has 0 heterocycles. The number of halogens is 2. The predicted octanol–water partition coefficient (Wildman–Crippen LogP) is 0.545. The fraction of sp³-hybridized carbons (Fsp3) is 0.889. The SMILES string of the molecule is CC[C@@H](CO)NC(=O)CCOCC(F)F. The Kier molecular flexibility index (Phi) is 8.12. The highest BCUT2D eigenvalue weighted by molar-refractivity contribution is 5.76. The Morgan fingerprint density at radius 2 is 2.20 bits per heavy atom. The summed E-state index contributed by atoms with van der Waals surface area (Å²) in [5, 5.41) is 11.3. The molecule has 1 atom stereocenters. The molecule has 0 aromatic rings. The molecule has 15 heavy (non-hydrogen) atoms. The number of rotatable bonds is 8. The molecule has 6 heteroatoms. The quantitative estimate of drug-likeness (QED) is 0.593. The summed E-state index contributed by atoms with van der Waals surface area (Å²) >= 11 is 0. The molecule has 4 nitrogen and oxygen atoms in total. The summed E-state index contributed by atoms with van der Waals surface area (Å²) < 4.78 is 27.8. The van der Waals surface area contributed by atoms with Crippen LogP contribution in [0.3, 0.4) is 0 Å². The number of aliphatic hydroxyl groups is 1. The molecule has 0 fully saturated rings. The Balaban J connectivity index is 3.48. The number of alkyl halides is 2. The minimum absolute atomic E-state index is 0.0297. The highest BCUT2D eigenvalue weighted by Crippen LogP contribution is 1.95. The Bertz CT molecular complexity index is 175. The topological polar surface area (TPSA) is 58.6 Å². The third-order valence-electron chi connectivity index (χ3n) is 1.80. The lowest BCUT2D eigenvalue weighted by molar-refractivity contribution is -0.123. The number of amides is 1. The molecule has 0 aliphatic carbocycles. The van der Waals surface area contributed by atoms with Crippen molar-refractivity contribution in [3.05, 3.63) is 0 Å². The molecule has 1 amide bonds. The first-order valence-electron chi connectivity index (χ1n) is 4.86. The number of hydrogen-bond acceptors (Lipinski definition) is 3. The molecule has 0 bridgehead atoms. The van der Waals surface area contributed by atoms with E-state index in [0.29, 0.717) is 6.42 Å². The van der Waals surface area contributed by atoms with Gasteiger partial charge in [-0.05, 0) is 6.42 Å². The van der Waals surface area contributed by atoms with E-state index in [9.17, 15) is 13.6 Å². The van der Waals surface area contributed by atoms with E-state index in [1.165, 1.54) is 0 Å². The molecule has 0 saturated heterocycles. The third-order valence-corrected chi connectivity index (χ3v) is 1.80. The Morgan fingerprint density at radius 1 is 1.53 bits per heavy atom. The van der Waals surface area contributed by atoms with Crippen molar-refractivity contribution in [3.8, 4) is 0 Å². The summed E-state index contributed by atoms with van der Waals surface area (Å²) in [6, 6.07) is -0.271. The van der Waals surface area contributed by atoms with Crippen LogP contribution in [-0.4, -0.2) is 43.3 Å². The van der Waals surface area contributed by atoms with E-state index in [-0.39, 0.29) is 31.6 Å². The van der Waals surface area contributed by atoms with Crippen LogP contribution in [0, 0.1) is 0 Å². The molecule has 0 aliphatic rings. The molecule has 0 aliphatic heterocycles. The van der Waals surface area contributed by atoms with Crippen molar-refractivity contribution < 1.29 is 23.4 Å². The van der Waals surface area contributed by atoms with Gasteiger partial charge in [0.25, 0.3) is 6.43 Å². The van der Waals surface area contributed by atoms with E-state index < -0.39 is 13.0 Å². The summed E-state index contributed by atoms with van der Waals surface area (Å²) in [5.41, 5.74) is 0. The van der Waals surface area contributed by atoms with Gasteiger partial charge < -0.3 is 15.2 Å². The van der Waals surface area contributed by atoms with Gasteiger partial charge in [0, 0.05) is 6.42 Å². The van der Waals surface area contributed by atoms with Gasteiger partial charge in [0.15, 0.2) is 0 Å². The minimum atomic E-state index is -2.51. The van der Waals surface area contributed by atoms with Gasteiger partial charge >= 0.3 is 0 Å². The van der Waals surface area contributed by atoms with Crippen LogP contribution in [0.25, 0.3) is 0 Å². The number of aliphatic hydroxyl groups excluding tert-OH is 1. The maximum Gasteiger partial charge on any atom is 0.261 e. The highest BCUT2D eigenvalue weighted by atomic mass is 19.3. The Hall–Kier alpha value is -0.750. The normalized spacial score (nSPS) is 12.9. The van der Waals surface area contributed by atoms with Crippen molar-refractivity contribution >= 4 is 5.91 Å². The van der Waals surface area contributed by atoms with Gasteiger partial charge in [-0.15, -0.1) is 0 Å². The van der Waals surface area contributed by atoms with Gasteiger partial charge in [0.2, 0.25) is 5.91 Å². The van der Waals surface area contributed by atoms with Crippen LogP contribution in [0.5, 0.6) is 0 Å². The standard InChI is InChI=1S/C9H17F2NO3/c1-2-7(5-13)12-9(14)3-4-15-6-8(10)11/h7-8,13H,2-6H2,1H3,(H,12,14)/t7-/m0/s1. The molecule has 0 spiro atoms. The minimum Gasteiger partial charge on any atom is -0.394 e. The van der Waals surface area contributed by atoms with Crippen molar-refractivity contribution in [2.24, 2.45) is 0 Å². The summed E-state index contributed by atoms with van der Waals surface area (Å²) in [6.45, 7) is 1.02. The summed E-state index contributed by atoms with van der Waals surface area (Å²) in [4.78, 5) is 11.1. The van der Waals surface area contributed by atoms with E-state index >= 15 is 0 Å². The first-order valence-corrected chi connectivity index (χ1v) is 4.86. The molecule has 0 radical (unpaired) electrons. The van der Waals surface area contributed by atoms with E-state index in [1.807, 2.05) is 6.92 Å². The smallest absolute Gasteiger partial charge is 0.261 e. The maximum absolute atomic E-state index is 11.6. The number of nitrogens with one attached hydrogen (secondary N) is 1. The lowest BCUT2D eigenvalue weighted by atomic mass is 10.2. The number of carbonyl (C=O) groups is 1. The number of carbonyl (C=O) groups excluding carboxylic acids is 1. The zero-order chi connectivity index (χ0) is 11.7. The van der Waals surface area contributed by atoms with Crippen LogP contribution in [0.4, 0.5) is 8.78 Å². The van der Waals surface area contributed by atoms with Gasteiger partial charge in [0.1, 0.15) is 6.61 Å². The van der Waals surface area contributed by atoms with Crippen LogP contribution >= 0.6 is 0 Å². The van der Waals surface area contributed by atoms with E-state index in [4.69, 9.17) is 5.11 Å². The van der Waals surface area contributed by atoms with E-state index in [2.05, 4.69) is 10.1 Å². The zero-order valence-corrected chi connectivity index (χ0v) is 8.71. The van der Waals surface area contributed by atoms with Gasteiger partial charge in [-0.25, -0.2) is 8.78 Å². The van der Waals surface area contributed by atoms with Crippen molar-refractivity contribution in [2.45, 2.75) is 32.2 Å². The van der Waals surface area contributed by atoms with Crippen LogP contribution in [0.15, 0.2) is 0 Å². The lowest BCUT2D eigenvalue weighted by Crippen LogP contribution is -2.37. The molecule has 0 aromatic carbocycles. The highest BCUT2D eigenvalue weighted by Gasteiger charge is 2.09. The van der Waals surface area contributed by atoms with Gasteiger partial charge in [-0.3, -0.25) is 4.79 Å². The average molecular weight is 225 g/mol. The fourth-order valence-corrected chi connectivity index (χ4v) is 0.914. The third kappa shape index (κ3) is 8.26. The van der Waals surface area contributed by atoms with E-state index in [0.717, 1.165) is 0 Å². The van der Waals surface area contributed by atoms with Crippen molar-refractivity contribution in [1.29, 1.82) is 0 Å². The maximum atomic E-state index is 11.6. The lowest BCUT2D eigenvalue weighted by Gasteiger charge is -2.13. The summed E-state index contributed by atoms with van der Waals surface area (Å²) in [7, 11) is 0. The molecular formula is C9H17F2NO3. The van der Waals surface area contributed by atoms with Crippen LogP contribution in [-0.2, 0) is 9.53 Å². The summed E-state index contributed by atoms with van der Waals surface area (Å²) in [5.74, 6) is -0.301. The molecule has 0 saturated carbocycles. The van der Waals surface area contributed by atoms with Crippen LogP contribution in [0.2, 0.25) is 0 Å². The van der Waals surface area contributed by atoms with E-state index in [1.54, 1.807) is 0 Å². The average Bonchev–Trinajstić information content (AvgIpc) is 2.20. The molecule has 0 unspecified atom stereocenters. The van der Waals surface area contributed by atoms with Crippen molar-refractivity contribution in [1.82, 2.24) is 5.32 Å². The second kappa shape index (κ2) is 8.55. The Morgan fingerprint density at radius 3 is 2.67 bits per heavy atom. The van der Waals surface area contributed by atoms with Crippen LogP contribution < -0.4 is 5.32 Å². The largest absolute Gasteiger partial charge is 0.394 e. The summed E-state index contributed by atoms with van der Waals surface area (Å²) in [6.07, 6.45) is -1.85. The van der Waals surface area contributed by atoms with Gasteiger partial charge in [-0.1, -0.05) is 6.92 Å².